The summed E-state index contributed by atoms with van der Waals surface area (Å²) in [5.41, 5.74) is 0.496. The van der Waals surface area contributed by atoms with Crippen LogP contribution < -0.4 is 10.1 Å². The Morgan fingerprint density at radius 1 is 1.04 bits per heavy atom. The van der Waals surface area contributed by atoms with E-state index in [9.17, 15) is 19.2 Å². The van der Waals surface area contributed by atoms with Crippen molar-refractivity contribution < 1.29 is 23.9 Å². The van der Waals surface area contributed by atoms with Gasteiger partial charge in [-0.2, -0.15) is 0 Å². The summed E-state index contributed by atoms with van der Waals surface area (Å²) in [6.45, 7) is 0.542. The van der Waals surface area contributed by atoms with E-state index in [1.165, 1.54) is 0 Å². The first kappa shape index (κ1) is 19.5. The molecule has 1 aromatic rings. The fraction of sp³-hybridized carbons (Fsp3) is 0.474. The van der Waals surface area contributed by atoms with Gasteiger partial charge < -0.3 is 4.74 Å². The molecule has 0 radical (unpaired) electrons. The lowest BCUT2D eigenvalue weighted by Crippen LogP contribution is -2.54. The number of carbonyl (C=O) groups is 4. The number of hydrogen-bond acceptors (Lipinski definition) is 5. The highest BCUT2D eigenvalue weighted by atomic mass is 79.9. The smallest absolute Gasteiger partial charge is 0.262 e. The number of nitrogens with zero attached hydrogens (tertiary/aromatic N) is 1. The number of rotatable bonds is 8. The topological polar surface area (TPSA) is 92.8 Å². The predicted molar refractivity (Wildman–Crippen MR) is 101 cm³/mol. The fourth-order valence-electron chi connectivity index (χ4n) is 3.28. The van der Waals surface area contributed by atoms with Crippen LogP contribution in [0.4, 0.5) is 0 Å². The molecule has 2 heterocycles. The van der Waals surface area contributed by atoms with Crippen molar-refractivity contribution in [1.29, 1.82) is 0 Å². The van der Waals surface area contributed by atoms with Crippen LogP contribution >= 0.6 is 15.9 Å². The highest BCUT2D eigenvalue weighted by molar-refractivity contribution is 9.09. The van der Waals surface area contributed by atoms with Crippen molar-refractivity contribution in [1.82, 2.24) is 10.2 Å². The molecule has 0 aliphatic carbocycles. The Hall–Kier alpha value is -2.22. The zero-order chi connectivity index (χ0) is 19.4. The van der Waals surface area contributed by atoms with Crippen molar-refractivity contribution in [3.63, 3.8) is 0 Å². The van der Waals surface area contributed by atoms with Crippen molar-refractivity contribution in [3.8, 4) is 5.75 Å². The van der Waals surface area contributed by atoms with Crippen LogP contribution in [-0.2, 0) is 9.59 Å². The summed E-state index contributed by atoms with van der Waals surface area (Å²) >= 11 is 3.40. The SMILES string of the molecule is O=C1CCC(N2C(=O)c3ccc(OCCCCCCBr)cc3C2=O)C(=O)N1. The third-order valence-electron chi connectivity index (χ3n) is 4.71. The van der Waals surface area contributed by atoms with E-state index in [2.05, 4.69) is 21.2 Å². The van der Waals surface area contributed by atoms with Gasteiger partial charge >= 0.3 is 0 Å². The quantitative estimate of drug-likeness (QED) is 0.383. The molecular weight excluding hydrogens is 416 g/mol. The maximum Gasteiger partial charge on any atom is 0.262 e. The number of unbranched alkanes of at least 4 members (excludes halogenated alkanes) is 3. The summed E-state index contributed by atoms with van der Waals surface area (Å²) in [5.74, 6) is -1.50. The third kappa shape index (κ3) is 4.21. The molecule has 4 amide bonds. The maximum absolute atomic E-state index is 12.7. The zero-order valence-electron chi connectivity index (χ0n) is 14.8. The Morgan fingerprint density at radius 2 is 1.78 bits per heavy atom. The molecule has 1 aromatic carbocycles. The number of piperidine rings is 1. The molecule has 3 rings (SSSR count). The highest BCUT2D eigenvalue weighted by Gasteiger charge is 2.44. The number of ether oxygens (including phenoxy) is 1. The Bertz CT molecular complexity index is 779. The Balaban J connectivity index is 1.66. The van der Waals surface area contributed by atoms with Crippen LogP contribution in [0.5, 0.6) is 5.75 Å². The van der Waals surface area contributed by atoms with E-state index in [-0.39, 0.29) is 29.9 Å². The van der Waals surface area contributed by atoms with Crippen LogP contribution in [0.25, 0.3) is 0 Å². The lowest BCUT2D eigenvalue weighted by Gasteiger charge is -2.27. The number of carbonyl (C=O) groups excluding carboxylic acids is 4. The minimum atomic E-state index is -0.950. The van der Waals surface area contributed by atoms with Gasteiger partial charge in [-0.3, -0.25) is 29.4 Å². The number of fused-ring (bicyclic) bond motifs is 1. The number of benzene rings is 1. The third-order valence-corrected chi connectivity index (χ3v) is 5.27. The average molecular weight is 437 g/mol. The molecular formula is C19H21BrN2O5. The second kappa shape index (κ2) is 8.65. The maximum atomic E-state index is 12.7. The Labute approximate surface area is 165 Å². The first-order chi connectivity index (χ1) is 13.0. The Morgan fingerprint density at radius 3 is 2.52 bits per heavy atom. The molecule has 1 atom stereocenters. The highest BCUT2D eigenvalue weighted by Crippen LogP contribution is 2.30. The molecule has 0 saturated carbocycles. The van der Waals surface area contributed by atoms with Crippen molar-refractivity contribution in [3.05, 3.63) is 29.3 Å². The number of halogens is 1. The van der Waals surface area contributed by atoms with Gasteiger partial charge in [-0.1, -0.05) is 28.8 Å². The molecule has 1 fully saturated rings. The molecule has 0 bridgehead atoms. The molecule has 144 valence electrons. The van der Waals surface area contributed by atoms with Gasteiger partial charge in [0.05, 0.1) is 17.7 Å². The second-order valence-corrected chi connectivity index (χ2v) is 7.40. The van der Waals surface area contributed by atoms with E-state index >= 15 is 0 Å². The number of hydrogen-bond donors (Lipinski definition) is 1. The van der Waals surface area contributed by atoms with Gasteiger partial charge in [-0.25, -0.2) is 0 Å². The van der Waals surface area contributed by atoms with Gasteiger partial charge in [0.2, 0.25) is 11.8 Å². The van der Waals surface area contributed by atoms with Crippen molar-refractivity contribution in [2.24, 2.45) is 0 Å². The Kier molecular flexibility index (Phi) is 6.26. The monoisotopic (exact) mass is 436 g/mol. The van der Waals surface area contributed by atoms with Gasteiger partial charge in [0.15, 0.2) is 0 Å². The van der Waals surface area contributed by atoms with Crippen LogP contribution in [0, 0.1) is 0 Å². The van der Waals surface area contributed by atoms with E-state index in [0.717, 1.165) is 35.9 Å². The molecule has 27 heavy (non-hydrogen) atoms. The first-order valence-corrected chi connectivity index (χ1v) is 10.2. The second-order valence-electron chi connectivity index (χ2n) is 6.61. The van der Waals surface area contributed by atoms with Crippen LogP contribution in [0.1, 0.15) is 59.2 Å². The molecule has 0 aromatic heterocycles. The lowest BCUT2D eigenvalue weighted by molar-refractivity contribution is -0.136. The summed E-state index contributed by atoms with van der Waals surface area (Å²) < 4.78 is 5.69. The molecule has 2 aliphatic rings. The first-order valence-electron chi connectivity index (χ1n) is 9.07. The van der Waals surface area contributed by atoms with E-state index in [1.807, 2.05) is 0 Å². The molecule has 7 nitrogen and oxygen atoms in total. The van der Waals surface area contributed by atoms with Gasteiger partial charge in [-0.05, 0) is 37.5 Å². The van der Waals surface area contributed by atoms with Gasteiger partial charge in [-0.15, -0.1) is 0 Å². The largest absolute Gasteiger partial charge is 0.494 e. The van der Waals surface area contributed by atoms with Crippen molar-refractivity contribution >= 4 is 39.6 Å². The molecule has 1 unspecified atom stereocenters. The number of imide groups is 2. The number of alkyl halides is 1. The predicted octanol–water partition coefficient (Wildman–Crippen LogP) is 2.42. The van der Waals surface area contributed by atoms with Crippen molar-refractivity contribution in [2.45, 2.75) is 44.6 Å². The average Bonchev–Trinajstić information content (AvgIpc) is 2.89. The van der Waals surface area contributed by atoms with Gasteiger partial charge in [0, 0.05) is 11.8 Å². The standard InChI is InChI=1S/C19H21BrN2O5/c20-9-3-1-2-4-10-27-12-5-6-13-14(11-12)19(26)22(18(13)25)15-7-8-16(23)21-17(15)24/h5-6,11,15H,1-4,7-10H2,(H,21,23,24). The van der Waals surface area contributed by atoms with E-state index in [0.29, 0.717) is 12.4 Å². The zero-order valence-corrected chi connectivity index (χ0v) is 16.4. The number of amides is 4. The minimum absolute atomic E-state index is 0.104. The van der Waals surface area contributed by atoms with Gasteiger partial charge in [0.25, 0.3) is 11.8 Å². The molecule has 2 aliphatic heterocycles. The van der Waals surface area contributed by atoms with E-state index < -0.39 is 23.8 Å². The van der Waals surface area contributed by atoms with Gasteiger partial charge in [0.1, 0.15) is 11.8 Å². The minimum Gasteiger partial charge on any atom is -0.494 e. The summed E-state index contributed by atoms with van der Waals surface area (Å²) in [6, 6.07) is 3.83. The normalized spacial score (nSPS) is 19.3. The molecule has 0 spiro atoms. The molecule has 8 heteroatoms. The van der Waals surface area contributed by atoms with E-state index in [4.69, 9.17) is 4.74 Å². The molecule has 1 N–H and O–H groups in total. The summed E-state index contributed by atoms with van der Waals surface area (Å²) in [5, 5.41) is 3.18. The summed E-state index contributed by atoms with van der Waals surface area (Å²) in [7, 11) is 0. The van der Waals surface area contributed by atoms with Crippen LogP contribution in [-0.4, -0.2) is 46.5 Å². The van der Waals surface area contributed by atoms with E-state index in [1.54, 1.807) is 18.2 Å². The summed E-state index contributed by atoms with van der Waals surface area (Å²) in [6.07, 6.45) is 4.50. The fourth-order valence-corrected chi connectivity index (χ4v) is 3.68. The van der Waals surface area contributed by atoms with Crippen molar-refractivity contribution in [2.75, 3.05) is 11.9 Å². The van der Waals surface area contributed by atoms with Crippen LogP contribution in [0.3, 0.4) is 0 Å². The lowest BCUT2D eigenvalue weighted by atomic mass is 10.0. The van der Waals surface area contributed by atoms with Crippen LogP contribution in [0.15, 0.2) is 18.2 Å². The van der Waals surface area contributed by atoms with Crippen LogP contribution in [0.2, 0.25) is 0 Å². The number of nitrogens with one attached hydrogen (secondary N) is 1. The molecule has 1 saturated heterocycles. The summed E-state index contributed by atoms with van der Waals surface area (Å²) in [4.78, 5) is 49.6.